The Morgan fingerprint density at radius 2 is 1.86 bits per heavy atom. The summed E-state index contributed by atoms with van der Waals surface area (Å²) in [6.45, 7) is 2.04. The van der Waals surface area contributed by atoms with Crippen molar-refractivity contribution in [2.75, 3.05) is 11.9 Å². The lowest BCUT2D eigenvalue weighted by molar-refractivity contribution is 0.0526. The first-order valence-corrected chi connectivity index (χ1v) is 7.17. The van der Waals surface area contributed by atoms with Crippen molar-refractivity contribution in [2.45, 2.75) is 6.92 Å². The van der Waals surface area contributed by atoms with Crippen LogP contribution >= 0.6 is 23.2 Å². The molecular weight excluding hydrogens is 327 g/mol. The number of amides is 1. The van der Waals surface area contributed by atoms with Crippen LogP contribution in [0, 0.1) is 0 Å². The van der Waals surface area contributed by atoms with Gasteiger partial charge in [-0.05, 0) is 43.3 Å². The fraction of sp³-hybridized carbons (Fsp3) is 0.133. The highest BCUT2D eigenvalue weighted by atomic mass is 35.5. The molecule has 1 amide bonds. The van der Waals surface area contributed by atoms with Crippen LogP contribution in [0.5, 0.6) is 0 Å². The van der Waals surface area contributed by atoms with Gasteiger partial charge < -0.3 is 10.1 Å². The monoisotopic (exact) mass is 338 g/mol. The van der Waals surface area contributed by atoms with E-state index in [-0.39, 0.29) is 10.8 Å². The summed E-state index contributed by atoms with van der Waals surface area (Å²) in [5.74, 6) is -0.864. The van der Waals surface area contributed by atoms with Crippen LogP contribution in [0.25, 0.3) is 0 Å². The Morgan fingerprint density at radius 1 is 1.18 bits per heavy atom. The van der Waals surface area contributed by atoms with E-state index in [2.05, 4.69) is 10.3 Å². The number of halogens is 2. The van der Waals surface area contributed by atoms with Crippen LogP contribution in [0.4, 0.5) is 5.69 Å². The van der Waals surface area contributed by atoms with Gasteiger partial charge in [0.1, 0.15) is 10.8 Å². The van der Waals surface area contributed by atoms with Crippen LogP contribution in [0.15, 0.2) is 36.4 Å². The molecule has 1 aromatic heterocycles. The first-order chi connectivity index (χ1) is 10.5. The van der Waals surface area contributed by atoms with E-state index in [1.807, 2.05) is 0 Å². The number of hydrogen-bond acceptors (Lipinski definition) is 4. The second-order valence-corrected chi connectivity index (χ2v) is 5.07. The number of esters is 1. The van der Waals surface area contributed by atoms with Crippen molar-refractivity contribution >= 4 is 40.8 Å². The standard InChI is InChI=1S/C15H12Cl2N2O3/c1-2-22-15(21)9-3-5-11(6-4-9)18-14(20)12-7-10(16)8-13(17)19-12/h3-8H,2H2,1H3,(H,18,20). The third kappa shape index (κ3) is 4.19. The summed E-state index contributed by atoms with van der Waals surface area (Å²) in [4.78, 5) is 27.5. The maximum absolute atomic E-state index is 12.1. The molecular formula is C15H12Cl2N2O3. The van der Waals surface area contributed by atoms with Gasteiger partial charge in [0.25, 0.3) is 5.91 Å². The summed E-state index contributed by atoms with van der Waals surface area (Å²) in [6.07, 6.45) is 0. The molecule has 1 heterocycles. The minimum Gasteiger partial charge on any atom is -0.462 e. The summed E-state index contributed by atoms with van der Waals surface area (Å²) >= 11 is 11.6. The zero-order chi connectivity index (χ0) is 16.1. The lowest BCUT2D eigenvalue weighted by atomic mass is 10.2. The SMILES string of the molecule is CCOC(=O)c1ccc(NC(=O)c2cc(Cl)cc(Cl)n2)cc1. The molecule has 0 spiro atoms. The Balaban J connectivity index is 2.10. The van der Waals surface area contributed by atoms with Crippen LogP contribution in [0.3, 0.4) is 0 Å². The Kier molecular flexibility index (Phi) is 5.35. The first kappa shape index (κ1) is 16.3. The smallest absolute Gasteiger partial charge is 0.338 e. The molecule has 22 heavy (non-hydrogen) atoms. The Labute approximate surface area is 137 Å². The van der Waals surface area contributed by atoms with Gasteiger partial charge >= 0.3 is 5.97 Å². The van der Waals surface area contributed by atoms with Crippen LogP contribution in [-0.2, 0) is 4.74 Å². The zero-order valence-electron chi connectivity index (χ0n) is 11.6. The molecule has 7 heteroatoms. The molecule has 2 rings (SSSR count). The Morgan fingerprint density at radius 3 is 2.45 bits per heavy atom. The maximum atomic E-state index is 12.1. The van der Waals surface area contributed by atoms with E-state index in [0.717, 1.165) is 0 Å². The molecule has 0 atom stereocenters. The number of ether oxygens (including phenoxy) is 1. The van der Waals surface area contributed by atoms with Crippen molar-refractivity contribution in [3.05, 3.63) is 57.8 Å². The van der Waals surface area contributed by atoms with Crippen molar-refractivity contribution in [1.29, 1.82) is 0 Å². The van der Waals surface area contributed by atoms with Crippen molar-refractivity contribution in [2.24, 2.45) is 0 Å². The zero-order valence-corrected chi connectivity index (χ0v) is 13.1. The van der Waals surface area contributed by atoms with Gasteiger partial charge in [0.05, 0.1) is 12.2 Å². The summed E-state index contributed by atoms with van der Waals surface area (Å²) in [6, 6.07) is 9.16. The molecule has 0 bridgehead atoms. The van der Waals surface area contributed by atoms with Crippen molar-refractivity contribution < 1.29 is 14.3 Å². The van der Waals surface area contributed by atoms with E-state index in [9.17, 15) is 9.59 Å². The van der Waals surface area contributed by atoms with E-state index in [1.54, 1.807) is 31.2 Å². The highest BCUT2D eigenvalue weighted by Gasteiger charge is 2.11. The van der Waals surface area contributed by atoms with Gasteiger partial charge in [-0.1, -0.05) is 23.2 Å². The highest BCUT2D eigenvalue weighted by molar-refractivity contribution is 6.34. The minimum absolute atomic E-state index is 0.104. The number of benzene rings is 1. The highest BCUT2D eigenvalue weighted by Crippen LogP contribution is 2.17. The molecule has 0 saturated heterocycles. The largest absolute Gasteiger partial charge is 0.462 e. The number of anilines is 1. The predicted octanol–water partition coefficient (Wildman–Crippen LogP) is 3.82. The molecule has 0 fully saturated rings. The lowest BCUT2D eigenvalue weighted by Gasteiger charge is -2.06. The molecule has 0 unspecified atom stereocenters. The molecule has 0 radical (unpaired) electrons. The van der Waals surface area contributed by atoms with E-state index in [4.69, 9.17) is 27.9 Å². The van der Waals surface area contributed by atoms with Crippen molar-refractivity contribution in [1.82, 2.24) is 4.98 Å². The van der Waals surface area contributed by atoms with Gasteiger partial charge in [0, 0.05) is 10.7 Å². The fourth-order valence-corrected chi connectivity index (χ4v) is 2.15. The normalized spacial score (nSPS) is 10.1. The maximum Gasteiger partial charge on any atom is 0.338 e. The summed E-state index contributed by atoms with van der Waals surface area (Å²) < 4.78 is 4.88. The molecule has 114 valence electrons. The van der Waals surface area contributed by atoms with Gasteiger partial charge in [0.15, 0.2) is 0 Å². The quantitative estimate of drug-likeness (QED) is 0.679. The average molecular weight is 339 g/mol. The minimum atomic E-state index is -0.451. The molecule has 1 aromatic carbocycles. The van der Waals surface area contributed by atoms with Crippen LogP contribution in [0.1, 0.15) is 27.8 Å². The molecule has 5 nitrogen and oxygen atoms in total. The van der Waals surface area contributed by atoms with Gasteiger partial charge in [-0.25, -0.2) is 9.78 Å². The number of aromatic nitrogens is 1. The molecule has 0 saturated carbocycles. The number of carbonyl (C=O) groups excluding carboxylic acids is 2. The van der Waals surface area contributed by atoms with Gasteiger partial charge in [-0.2, -0.15) is 0 Å². The van der Waals surface area contributed by atoms with E-state index in [0.29, 0.717) is 22.9 Å². The van der Waals surface area contributed by atoms with Gasteiger partial charge in [0.2, 0.25) is 0 Å². The molecule has 1 N–H and O–H groups in total. The second-order valence-electron chi connectivity index (χ2n) is 4.25. The third-order valence-corrected chi connectivity index (χ3v) is 3.06. The summed E-state index contributed by atoms with van der Waals surface area (Å²) in [7, 11) is 0. The average Bonchev–Trinajstić information content (AvgIpc) is 2.47. The topological polar surface area (TPSA) is 68.3 Å². The molecule has 2 aromatic rings. The fourth-order valence-electron chi connectivity index (χ4n) is 1.68. The Bertz CT molecular complexity index is 682. The van der Waals surface area contributed by atoms with E-state index >= 15 is 0 Å². The lowest BCUT2D eigenvalue weighted by Crippen LogP contribution is -2.14. The second kappa shape index (κ2) is 7.24. The first-order valence-electron chi connectivity index (χ1n) is 6.41. The van der Waals surface area contributed by atoms with Crippen molar-refractivity contribution in [3.8, 4) is 0 Å². The number of carbonyl (C=O) groups is 2. The molecule has 0 aliphatic heterocycles. The van der Waals surface area contributed by atoms with E-state index in [1.165, 1.54) is 12.1 Å². The summed E-state index contributed by atoms with van der Waals surface area (Å²) in [5.41, 5.74) is 1.02. The predicted molar refractivity (Wildman–Crippen MR) is 84.6 cm³/mol. The van der Waals surface area contributed by atoms with Crippen molar-refractivity contribution in [3.63, 3.8) is 0 Å². The molecule has 0 aliphatic rings. The number of hydrogen-bond donors (Lipinski definition) is 1. The number of rotatable bonds is 4. The number of nitrogens with one attached hydrogen (secondary N) is 1. The van der Waals surface area contributed by atoms with Crippen LogP contribution in [-0.4, -0.2) is 23.5 Å². The van der Waals surface area contributed by atoms with Crippen LogP contribution < -0.4 is 5.32 Å². The number of nitrogens with zero attached hydrogens (tertiary/aromatic N) is 1. The third-order valence-electron chi connectivity index (χ3n) is 2.65. The summed E-state index contributed by atoms with van der Waals surface area (Å²) in [5, 5.41) is 3.10. The van der Waals surface area contributed by atoms with Gasteiger partial charge in [-0.3, -0.25) is 4.79 Å². The number of pyridine rings is 1. The van der Waals surface area contributed by atoms with Gasteiger partial charge in [-0.15, -0.1) is 0 Å². The van der Waals surface area contributed by atoms with E-state index < -0.39 is 11.9 Å². The molecule has 0 aliphatic carbocycles. The Hall–Kier alpha value is -2.11. The van der Waals surface area contributed by atoms with Crippen LogP contribution in [0.2, 0.25) is 10.2 Å².